The minimum Gasteiger partial charge on any atom is -0.394 e. The Kier molecular flexibility index (Phi) is 12.4. The second-order valence-electron chi connectivity index (χ2n) is 8.87. The van der Waals surface area contributed by atoms with Crippen molar-refractivity contribution < 1.29 is 79.9 Å². The zero-order chi connectivity index (χ0) is 28.0. The quantitative estimate of drug-likeness (QED) is 0.108. The molecule has 0 saturated carbocycles. The van der Waals surface area contributed by atoms with Crippen LogP contribution in [-0.4, -0.2) is 174 Å². The van der Waals surface area contributed by atoms with Crippen LogP contribution in [0, 0.1) is 0 Å². The number of amides is 1. The highest BCUT2D eigenvalue weighted by atomic mass is 16.7. The number of aliphatic hydroxyl groups is 11. The molecule has 0 spiro atoms. The molecule has 0 aromatic carbocycles. The van der Waals surface area contributed by atoms with Gasteiger partial charge in [0.1, 0.15) is 73.2 Å². The minimum absolute atomic E-state index is 0.637. The van der Waals surface area contributed by atoms with Gasteiger partial charge in [-0.1, -0.05) is 0 Å². The van der Waals surface area contributed by atoms with Crippen molar-refractivity contribution in [2.45, 2.75) is 92.7 Å². The van der Waals surface area contributed by atoms with Gasteiger partial charge in [-0.15, -0.1) is 0 Å². The van der Waals surface area contributed by atoms with Gasteiger partial charge in [-0.25, -0.2) is 0 Å². The summed E-state index contributed by atoms with van der Waals surface area (Å²) in [6.45, 7) is -2.22. The van der Waals surface area contributed by atoms with E-state index < -0.39 is 118 Å². The van der Waals surface area contributed by atoms with Gasteiger partial charge in [-0.2, -0.15) is 0 Å². The molecule has 0 aromatic heterocycles. The van der Waals surface area contributed by atoms with Crippen LogP contribution in [0.25, 0.3) is 0 Å². The van der Waals surface area contributed by atoms with Crippen LogP contribution in [0.5, 0.6) is 0 Å². The molecule has 1 amide bonds. The molecule has 37 heavy (non-hydrogen) atoms. The molecule has 0 aliphatic carbocycles. The van der Waals surface area contributed by atoms with Crippen LogP contribution in [0.15, 0.2) is 0 Å². The van der Waals surface area contributed by atoms with Gasteiger partial charge >= 0.3 is 0 Å². The van der Waals surface area contributed by atoms with Gasteiger partial charge in [0.2, 0.25) is 5.91 Å². The molecule has 0 aromatic rings. The molecular formula is C20H37NO16. The standard InChI is InChI=1S/C20H37NO16/c1-6(25)21-11-15(31)13(29)9(3-23)35-19(11)34-5-8(27)18(12(28)7(26)2-22)37-20-17(33)16(32)14(30)10(4-24)36-20/h7-20,22-24,26-33H,2-5H2,1H3,(H,21,25)/t7-,8+,9+,10+,11+,12+,13+,14-,15+,16-,17+,18+,19+,20-/m0/s1. The van der Waals surface area contributed by atoms with E-state index in [1.807, 2.05) is 0 Å². The molecule has 2 aliphatic heterocycles. The highest BCUT2D eigenvalue weighted by Gasteiger charge is 2.48. The van der Waals surface area contributed by atoms with Crippen molar-refractivity contribution in [2.75, 3.05) is 26.4 Å². The van der Waals surface area contributed by atoms with E-state index in [1.54, 1.807) is 0 Å². The third kappa shape index (κ3) is 7.72. The van der Waals surface area contributed by atoms with Crippen molar-refractivity contribution in [3.8, 4) is 0 Å². The number of hydrogen-bond acceptors (Lipinski definition) is 16. The van der Waals surface area contributed by atoms with Crippen molar-refractivity contribution in [3.05, 3.63) is 0 Å². The number of carbonyl (C=O) groups is 1. The number of hydrogen-bond donors (Lipinski definition) is 12. The normalized spacial score (nSPS) is 40.0. The van der Waals surface area contributed by atoms with E-state index in [0.29, 0.717) is 0 Å². The fraction of sp³-hybridized carbons (Fsp3) is 0.950. The van der Waals surface area contributed by atoms with Gasteiger partial charge in [0.05, 0.1) is 26.4 Å². The Morgan fingerprint density at radius 1 is 0.811 bits per heavy atom. The molecule has 2 heterocycles. The van der Waals surface area contributed by atoms with E-state index in [2.05, 4.69) is 5.32 Å². The molecule has 218 valence electrons. The summed E-state index contributed by atoms with van der Waals surface area (Å²) < 4.78 is 21.3. The highest BCUT2D eigenvalue weighted by Crippen LogP contribution is 2.26. The monoisotopic (exact) mass is 547 g/mol. The van der Waals surface area contributed by atoms with E-state index in [1.165, 1.54) is 0 Å². The second-order valence-corrected chi connectivity index (χ2v) is 8.87. The first kappa shape index (κ1) is 32.1. The Morgan fingerprint density at radius 3 is 1.86 bits per heavy atom. The SMILES string of the molecule is CC(=O)N[C@H]1[C@H](OC[C@@H](O)[C@@H](O[C@@H]2O[C@H](CO)[C@H](O)[C@H](O)[C@H]2O)[C@H](O)[C@@H](O)CO)O[C@H](CO)[C@@H](O)[C@@H]1O. The van der Waals surface area contributed by atoms with Crippen LogP contribution in [0.1, 0.15) is 6.92 Å². The zero-order valence-corrected chi connectivity index (χ0v) is 19.9. The summed E-state index contributed by atoms with van der Waals surface area (Å²) in [5, 5.41) is 112. The molecule has 17 heteroatoms. The Labute approximate surface area is 211 Å². The van der Waals surface area contributed by atoms with E-state index >= 15 is 0 Å². The molecule has 2 aliphatic rings. The molecule has 2 rings (SSSR count). The second kappa shape index (κ2) is 14.3. The summed E-state index contributed by atoms with van der Waals surface area (Å²) in [7, 11) is 0. The summed E-state index contributed by atoms with van der Waals surface area (Å²) in [6, 6.07) is -1.36. The number of aliphatic hydroxyl groups excluding tert-OH is 11. The predicted octanol–water partition coefficient (Wildman–Crippen LogP) is -7.79. The zero-order valence-electron chi connectivity index (χ0n) is 19.9. The van der Waals surface area contributed by atoms with E-state index in [0.717, 1.165) is 6.92 Å². The van der Waals surface area contributed by atoms with Crippen LogP contribution in [0.2, 0.25) is 0 Å². The van der Waals surface area contributed by atoms with Crippen LogP contribution in [0.4, 0.5) is 0 Å². The van der Waals surface area contributed by atoms with Crippen LogP contribution in [-0.2, 0) is 23.7 Å². The van der Waals surface area contributed by atoms with Gasteiger partial charge in [0, 0.05) is 6.92 Å². The predicted molar refractivity (Wildman–Crippen MR) is 115 cm³/mol. The molecular weight excluding hydrogens is 510 g/mol. The third-order valence-corrected chi connectivity index (χ3v) is 6.12. The molecule has 14 atom stereocenters. The fourth-order valence-electron chi connectivity index (χ4n) is 3.96. The van der Waals surface area contributed by atoms with Crippen molar-refractivity contribution in [2.24, 2.45) is 0 Å². The molecule has 0 bridgehead atoms. The summed E-state index contributed by atoms with van der Waals surface area (Å²) in [6.07, 6.45) is -22.6. The lowest BCUT2D eigenvalue weighted by molar-refractivity contribution is -0.330. The number of ether oxygens (including phenoxy) is 4. The summed E-state index contributed by atoms with van der Waals surface area (Å²) in [5.74, 6) is -0.637. The maximum Gasteiger partial charge on any atom is 0.217 e. The van der Waals surface area contributed by atoms with Crippen LogP contribution in [0.3, 0.4) is 0 Å². The summed E-state index contributed by atoms with van der Waals surface area (Å²) in [4.78, 5) is 11.5. The van der Waals surface area contributed by atoms with Crippen LogP contribution >= 0.6 is 0 Å². The van der Waals surface area contributed by atoms with E-state index in [-0.39, 0.29) is 0 Å². The smallest absolute Gasteiger partial charge is 0.217 e. The van der Waals surface area contributed by atoms with Crippen molar-refractivity contribution in [3.63, 3.8) is 0 Å². The first-order valence-electron chi connectivity index (χ1n) is 11.5. The van der Waals surface area contributed by atoms with Crippen molar-refractivity contribution in [1.82, 2.24) is 5.32 Å². The molecule has 0 radical (unpaired) electrons. The first-order chi connectivity index (χ1) is 17.4. The lowest BCUT2D eigenvalue weighted by Gasteiger charge is -2.43. The fourth-order valence-corrected chi connectivity index (χ4v) is 3.96. The average Bonchev–Trinajstić information content (AvgIpc) is 2.87. The molecule has 12 N–H and O–H groups in total. The van der Waals surface area contributed by atoms with Gasteiger partial charge in [0.15, 0.2) is 12.6 Å². The van der Waals surface area contributed by atoms with Gasteiger partial charge < -0.3 is 80.4 Å². The van der Waals surface area contributed by atoms with Gasteiger partial charge in [0.25, 0.3) is 0 Å². The maximum atomic E-state index is 11.5. The summed E-state index contributed by atoms with van der Waals surface area (Å²) >= 11 is 0. The van der Waals surface area contributed by atoms with Crippen molar-refractivity contribution >= 4 is 5.91 Å². The van der Waals surface area contributed by atoms with E-state index in [4.69, 9.17) is 18.9 Å². The summed E-state index contributed by atoms with van der Waals surface area (Å²) in [5.41, 5.74) is 0. The van der Waals surface area contributed by atoms with Gasteiger partial charge in [-0.05, 0) is 0 Å². The Bertz CT molecular complexity index is 701. The molecule has 2 saturated heterocycles. The number of nitrogens with one attached hydrogen (secondary N) is 1. The average molecular weight is 548 g/mol. The maximum absolute atomic E-state index is 11.5. The topological polar surface area (TPSA) is 289 Å². The number of carbonyl (C=O) groups excluding carboxylic acids is 1. The Hall–Kier alpha value is -1.13. The lowest BCUT2D eigenvalue weighted by atomic mass is 9.97. The lowest BCUT2D eigenvalue weighted by Crippen LogP contribution is -2.65. The number of rotatable bonds is 12. The van der Waals surface area contributed by atoms with Crippen LogP contribution < -0.4 is 5.32 Å². The largest absolute Gasteiger partial charge is 0.394 e. The molecule has 2 fully saturated rings. The molecule has 0 unspecified atom stereocenters. The van der Waals surface area contributed by atoms with Gasteiger partial charge in [-0.3, -0.25) is 4.79 Å². The Balaban J connectivity index is 2.20. The minimum atomic E-state index is -2.04. The van der Waals surface area contributed by atoms with E-state index in [9.17, 15) is 61.0 Å². The Morgan fingerprint density at radius 2 is 1.35 bits per heavy atom. The van der Waals surface area contributed by atoms with Crippen molar-refractivity contribution in [1.29, 1.82) is 0 Å². The highest BCUT2D eigenvalue weighted by molar-refractivity contribution is 5.73. The first-order valence-corrected chi connectivity index (χ1v) is 11.5. The molecule has 17 nitrogen and oxygen atoms in total. The third-order valence-electron chi connectivity index (χ3n) is 6.12.